The number of allylic oxidation sites excluding steroid dienone is 1. The largest absolute Gasteiger partial charge is 0.508 e. The van der Waals surface area contributed by atoms with Crippen LogP contribution in [0.2, 0.25) is 0 Å². The van der Waals surface area contributed by atoms with Gasteiger partial charge in [0.05, 0.1) is 18.2 Å². The summed E-state index contributed by atoms with van der Waals surface area (Å²) in [4.78, 5) is 30.6. The van der Waals surface area contributed by atoms with Crippen LogP contribution in [0, 0.1) is 0 Å². The van der Waals surface area contributed by atoms with Gasteiger partial charge in [0.15, 0.2) is 5.78 Å². The average Bonchev–Trinajstić information content (AvgIpc) is 2.67. The fourth-order valence-corrected chi connectivity index (χ4v) is 3.29. The number of carbonyl (C=O) groups is 2. The number of ketones is 2. The standard InChI is InChI=1S/C22H22N2O4/c1-3-24-19(15-4-8-17(26)9-5-15)13-23-21(20(28)12-14(2)25)22(24)16-6-10-18(27)11-7-16/h4-11,13,19,26-27H,3,12H2,1-2H3. The molecule has 0 aromatic heterocycles. The lowest BCUT2D eigenvalue weighted by Crippen LogP contribution is -2.33. The minimum Gasteiger partial charge on any atom is -0.508 e. The van der Waals surface area contributed by atoms with Crippen LogP contribution in [0.5, 0.6) is 11.5 Å². The minimum absolute atomic E-state index is 0.124. The number of phenolic OH excluding ortho intramolecular Hbond substituents is 2. The van der Waals surface area contributed by atoms with Gasteiger partial charge in [-0.05, 0) is 55.8 Å². The zero-order valence-electron chi connectivity index (χ0n) is 15.8. The second-order valence-electron chi connectivity index (χ2n) is 6.65. The summed E-state index contributed by atoms with van der Waals surface area (Å²) in [6.45, 7) is 3.94. The highest BCUT2D eigenvalue weighted by Gasteiger charge is 2.30. The van der Waals surface area contributed by atoms with E-state index in [0.717, 1.165) is 11.1 Å². The van der Waals surface area contributed by atoms with Crippen molar-refractivity contribution in [3.8, 4) is 11.5 Å². The lowest BCUT2D eigenvalue weighted by atomic mass is 9.97. The third-order valence-corrected chi connectivity index (χ3v) is 4.58. The number of phenols is 2. The molecule has 0 amide bonds. The first-order valence-corrected chi connectivity index (χ1v) is 9.06. The van der Waals surface area contributed by atoms with Crippen LogP contribution in [0.3, 0.4) is 0 Å². The summed E-state index contributed by atoms with van der Waals surface area (Å²) in [5.41, 5.74) is 2.50. The quantitative estimate of drug-likeness (QED) is 0.751. The molecule has 1 aliphatic rings. The summed E-state index contributed by atoms with van der Waals surface area (Å²) in [6, 6.07) is 13.2. The summed E-state index contributed by atoms with van der Waals surface area (Å²) < 4.78 is 0. The van der Waals surface area contributed by atoms with Gasteiger partial charge in [-0.25, -0.2) is 0 Å². The maximum absolute atomic E-state index is 12.7. The third-order valence-electron chi connectivity index (χ3n) is 4.58. The number of nitrogens with zero attached hydrogens (tertiary/aromatic N) is 2. The summed E-state index contributed by atoms with van der Waals surface area (Å²) >= 11 is 0. The van der Waals surface area contributed by atoms with Crippen LogP contribution in [0.15, 0.2) is 59.2 Å². The second kappa shape index (κ2) is 8.08. The van der Waals surface area contributed by atoms with Crippen LogP contribution in [0.1, 0.15) is 37.4 Å². The first-order chi connectivity index (χ1) is 13.4. The van der Waals surface area contributed by atoms with Crippen LogP contribution in [-0.4, -0.2) is 39.4 Å². The van der Waals surface area contributed by atoms with Gasteiger partial charge in [-0.15, -0.1) is 0 Å². The molecule has 0 saturated heterocycles. The van der Waals surface area contributed by atoms with Crippen LogP contribution >= 0.6 is 0 Å². The monoisotopic (exact) mass is 378 g/mol. The van der Waals surface area contributed by atoms with Crippen molar-refractivity contribution in [1.82, 2.24) is 4.90 Å². The average molecular weight is 378 g/mol. The van der Waals surface area contributed by atoms with E-state index in [-0.39, 0.29) is 41.2 Å². The van der Waals surface area contributed by atoms with Crippen LogP contribution < -0.4 is 0 Å². The molecule has 0 aliphatic carbocycles. The first-order valence-electron chi connectivity index (χ1n) is 9.06. The van der Waals surface area contributed by atoms with E-state index in [0.29, 0.717) is 12.2 Å². The van der Waals surface area contributed by atoms with Gasteiger partial charge in [0.2, 0.25) is 0 Å². The fourth-order valence-electron chi connectivity index (χ4n) is 3.29. The molecule has 6 nitrogen and oxygen atoms in total. The number of hydrogen-bond acceptors (Lipinski definition) is 6. The molecule has 6 heteroatoms. The van der Waals surface area contributed by atoms with Crippen molar-refractivity contribution >= 4 is 23.5 Å². The molecule has 2 aromatic carbocycles. The third kappa shape index (κ3) is 3.96. The van der Waals surface area contributed by atoms with Gasteiger partial charge in [-0.3, -0.25) is 14.6 Å². The van der Waals surface area contributed by atoms with Gasteiger partial charge in [0.25, 0.3) is 0 Å². The molecule has 1 heterocycles. The molecule has 1 atom stereocenters. The van der Waals surface area contributed by atoms with Gasteiger partial charge in [0, 0.05) is 18.3 Å². The molecule has 1 unspecified atom stereocenters. The number of aliphatic imine (C=N–C) groups is 1. The number of benzene rings is 2. The Morgan fingerprint density at radius 2 is 1.57 bits per heavy atom. The van der Waals surface area contributed by atoms with Crippen molar-refractivity contribution in [2.45, 2.75) is 26.3 Å². The Labute approximate surface area is 163 Å². The Bertz CT molecular complexity index is 944. The van der Waals surface area contributed by atoms with Crippen molar-refractivity contribution in [2.75, 3.05) is 6.54 Å². The molecule has 0 bridgehead atoms. The van der Waals surface area contributed by atoms with Crippen molar-refractivity contribution in [3.05, 3.63) is 65.4 Å². The number of hydrogen-bond donors (Lipinski definition) is 2. The molecule has 0 fully saturated rings. The first kappa shape index (κ1) is 19.4. The highest BCUT2D eigenvalue weighted by molar-refractivity contribution is 6.12. The SMILES string of the molecule is CCN1C(c2ccc(O)cc2)=C(C(=O)CC(C)=O)N=CC1c1ccc(O)cc1. The molecule has 28 heavy (non-hydrogen) atoms. The number of carbonyl (C=O) groups excluding carboxylic acids is 2. The molecule has 0 radical (unpaired) electrons. The Kier molecular flexibility index (Phi) is 5.59. The fraction of sp³-hybridized carbons (Fsp3) is 0.227. The normalized spacial score (nSPS) is 16.4. The molecular weight excluding hydrogens is 356 g/mol. The Hall–Kier alpha value is -3.41. The predicted molar refractivity (Wildman–Crippen MR) is 107 cm³/mol. The lowest BCUT2D eigenvalue weighted by Gasteiger charge is -2.36. The lowest BCUT2D eigenvalue weighted by molar-refractivity contribution is -0.123. The predicted octanol–water partition coefficient (Wildman–Crippen LogP) is 3.46. The maximum Gasteiger partial charge on any atom is 0.190 e. The number of aromatic hydroxyl groups is 2. The van der Waals surface area contributed by atoms with Gasteiger partial charge in [-0.2, -0.15) is 0 Å². The molecule has 144 valence electrons. The molecule has 0 saturated carbocycles. The van der Waals surface area contributed by atoms with Gasteiger partial charge in [0.1, 0.15) is 23.0 Å². The van der Waals surface area contributed by atoms with Gasteiger partial charge in [-0.1, -0.05) is 12.1 Å². The maximum atomic E-state index is 12.7. The highest BCUT2D eigenvalue weighted by atomic mass is 16.3. The van der Waals surface area contributed by atoms with E-state index in [1.165, 1.54) is 6.92 Å². The van der Waals surface area contributed by atoms with Gasteiger partial charge >= 0.3 is 0 Å². The Balaban J connectivity index is 2.12. The second-order valence-corrected chi connectivity index (χ2v) is 6.65. The molecular formula is C22H22N2O4. The zero-order chi connectivity index (χ0) is 20.3. The van der Waals surface area contributed by atoms with E-state index in [1.54, 1.807) is 42.6 Å². The van der Waals surface area contributed by atoms with Crippen LogP contribution in [-0.2, 0) is 9.59 Å². The topological polar surface area (TPSA) is 90.2 Å². The van der Waals surface area contributed by atoms with Crippen molar-refractivity contribution in [3.63, 3.8) is 0 Å². The van der Waals surface area contributed by atoms with Gasteiger partial charge < -0.3 is 15.1 Å². The Morgan fingerprint density at radius 1 is 1.00 bits per heavy atom. The molecule has 2 aromatic rings. The summed E-state index contributed by atoms with van der Waals surface area (Å²) in [7, 11) is 0. The van der Waals surface area contributed by atoms with E-state index in [4.69, 9.17) is 0 Å². The highest BCUT2D eigenvalue weighted by Crippen LogP contribution is 2.36. The smallest absolute Gasteiger partial charge is 0.190 e. The zero-order valence-corrected chi connectivity index (χ0v) is 15.8. The number of rotatable bonds is 6. The van der Waals surface area contributed by atoms with Crippen molar-refractivity contribution in [2.24, 2.45) is 4.99 Å². The van der Waals surface area contributed by atoms with E-state index >= 15 is 0 Å². The summed E-state index contributed by atoms with van der Waals surface area (Å²) in [5.74, 6) is -0.263. The van der Waals surface area contributed by atoms with Crippen molar-refractivity contribution in [1.29, 1.82) is 0 Å². The summed E-state index contributed by atoms with van der Waals surface area (Å²) in [5, 5.41) is 19.2. The Morgan fingerprint density at radius 3 is 2.11 bits per heavy atom. The number of Topliss-reactive ketones (excluding diaryl/α,β-unsaturated/α-hetero) is 2. The van der Waals surface area contributed by atoms with Crippen LogP contribution in [0.25, 0.3) is 5.70 Å². The molecule has 0 spiro atoms. The minimum atomic E-state index is -0.338. The molecule has 1 aliphatic heterocycles. The molecule has 2 N–H and O–H groups in total. The van der Waals surface area contributed by atoms with Crippen LogP contribution in [0.4, 0.5) is 0 Å². The van der Waals surface area contributed by atoms with E-state index in [9.17, 15) is 19.8 Å². The summed E-state index contributed by atoms with van der Waals surface area (Å²) in [6.07, 6.45) is 1.48. The van der Waals surface area contributed by atoms with E-state index < -0.39 is 0 Å². The van der Waals surface area contributed by atoms with E-state index in [1.807, 2.05) is 24.0 Å². The van der Waals surface area contributed by atoms with Crippen molar-refractivity contribution < 1.29 is 19.8 Å². The van der Waals surface area contributed by atoms with E-state index in [2.05, 4.69) is 4.99 Å². The molecule has 3 rings (SSSR count).